The molecule has 11 heteroatoms. The highest BCUT2D eigenvalue weighted by atomic mass is 32.2. The van der Waals surface area contributed by atoms with Gasteiger partial charge in [0.25, 0.3) is 11.8 Å². The summed E-state index contributed by atoms with van der Waals surface area (Å²) in [4.78, 5) is 41.9. The molecule has 3 amide bonds. The van der Waals surface area contributed by atoms with Crippen LogP contribution < -0.4 is 20.7 Å². The maximum absolute atomic E-state index is 13.6. The third-order valence-corrected chi connectivity index (χ3v) is 10.8. The summed E-state index contributed by atoms with van der Waals surface area (Å²) in [6, 6.07) is 28.9. The monoisotopic (exact) mass is 716 g/mol. The molecule has 3 N–H and O–H groups in total. The van der Waals surface area contributed by atoms with Crippen LogP contribution in [0, 0.1) is 17.2 Å². The van der Waals surface area contributed by atoms with Gasteiger partial charge >= 0.3 is 0 Å². The zero-order valence-corrected chi connectivity index (χ0v) is 30.0. The molecule has 0 aliphatic heterocycles. The molecule has 0 spiro atoms. The van der Waals surface area contributed by atoms with Gasteiger partial charge in [-0.2, -0.15) is 5.26 Å². The lowest BCUT2D eigenvalue weighted by molar-refractivity contribution is -0.115. The summed E-state index contributed by atoms with van der Waals surface area (Å²) in [5, 5.41) is 18.6. The van der Waals surface area contributed by atoms with Crippen LogP contribution in [0.5, 0.6) is 5.75 Å². The topological polar surface area (TPSA) is 133 Å². The van der Waals surface area contributed by atoms with Crippen molar-refractivity contribution in [1.82, 2.24) is 5.32 Å². The quantitative estimate of drug-likeness (QED) is 0.0922. The number of nitrogens with one attached hydrogen (secondary N) is 3. The molecule has 6 rings (SSSR count). The summed E-state index contributed by atoms with van der Waals surface area (Å²) >= 11 is 2.88. The number of nitrogens with zero attached hydrogens (tertiary/aromatic N) is 1. The number of thiophene rings is 1. The molecule has 0 fully saturated rings. The predicted octanol–water partition coefficient (Wildman–Crippen LogP) is 8.54. The Kier molecular flexibility index (Phi) is 11.0. The number of carbonyl (C=O) groups is 3. The lowest BCUT2D eigenvalue weighted by Gasteiger charge is -2.17. The minimum absolute atomic E-state index is 0.0185. The SMILES string of the molecule is COc1ccccc1-c1ccc(/C=C(/NC(=O)c2ccccc2)C(=O)Nc2ccc(S[C@@H](C)C(=O)Nc3sc4c(c3C#N)CC[C@H](C)C4)cc2)o1. The molecule has 9 nitrogen and oxygen atoms in total. The summed E-state index contributed by atoms with van der Waals surface area (Å²) < 4.78 is 11.5. The minimum Gasteiger partial charge on any atom is -0.496 e. The Hall–Kier alpha value is -5.57. The van der Waals surface area contributed by atoms with E-state index in [-0.39, 0.29) is 11.6 Å². The third kappa shape index (κ3) is 8.43. The van der Waals surface area contributed by atoms with E-state index in [1.54, 1.807) is 61.7 Å². The lowest BCUT2D eigenvalue weighted by Crippen LogP contribution is -2.30. The van der Waals surface area contributed by atoms with Crippen molar-refractivity contribution in [3.8, 4) is 23.1 Å². The van der Waals surface area contributed by atoms with E-state index in [9.17, 15) is 19.6 Å². The van der Waals surface area contributed by atoms with E-state index in [4.69, 9.17) is 9.15 Å². The Morgan fingerprint density at radius 2 is 1.75 bits per heavy atom. The molecule has 0 bridgehead atoms. The second-order valence-electron chi connectivity index (χ2n) is 12.2. The van der Waals surface area contributed by atoms with Gasteiger partial charge in [0.15, 0.2) is 0 Å². The molecule has 0 saturated carbocycles. The van der Waals surface area contributed by atoms with Crippen LogP contribution in [0.15, 0.2) is 106 Å². The van der Waals surface area contributed by atoms with Crippen LogP contribution in [0.4, 0.5) is 10.7 Å². The fraction of sp³-hybridized carbons (Fsp3) is 0.200. The molecule has 2 aromatic heterocycles. The first kappa shape index (κ1) is 35.3. The number of anilines is 2. The molecule has 51 heavy (non-hydrogen) atoms. The Morgan fingerprint density at radius 1 is 1.00 bits per heavy atom. The molecular weight excluding hydrogens is 681 g/mol. The zero-order valence-electron chi connectivity index (χ0n) is 28.3. The number of fused-ring (bicyclic) bond motifs is 1. The number of hydrogen-bond donors (Lipinski definition) is 3. The molecule has 3 aromatic carbocycles. The number of nitriles is 1. The Morgan fingerprint density at radius 3 is 2.49 bits per heavy atom. The normalized spacial score (nSPS) is 14.5. The van der Waals surface area contributed by atoms with Crippen molar-refractivity contribution in [3.05, 3.63) is 124 Å². The van der Waals surface area contributed by atoms with Crippen LogP contribution in [0.3, 0.4) is 0 Å². The molecule has 1 aliphatic carbocycles. The summed E-state index contributed by atoms with van der Waals surface area (Å²) in [6.45, 7) is 4.03. The first-order chi connectivity index (χ1) is 24.7. The van der Waals surface area contributed by atoms with Crippen molar-refractivity contribution in [2.24, 2.45) is 5.92 Å². The molecule has 0 saturated heterocycles. The first-order valence-electron chi connectivity index (χ1n) is 16.5. The maximum atomic E-state index is 13.6. The van der Waals surface area contributed by atoms with Crippen molar-refractivity contribution >= 4 is 57.6 Å². The molecule has 2 atom stereocenters. The van der Waals surface area contributed by atoms with Gasteiger partial charge in [-0.15, -0.1) is 23.1 Å². The van der Waals surface area contributed by atoms with Crippen molar-refractivity contribution < 1.29 is 23.5 Å². The Labute approximate surface area is 304 Å². The fourth-order valence-electron chi connectivity index (χ4n) is 5.75. The predicted molar refractivity (Wildman–Crippen MR) is 202 cm³/mol. The highest BCUT2D eigenvalue weighted by Crippen LogP contribution is 2.40. The number of methoxy groups -OCH3 is 1. The van der Waals surface area contributed by atoms with Gasteiger partial charge in [-0.1, -0.05) is 37.3 Å². The van der Waals surface area contributed by atoms with Gasteiger partial charge in [0.2, 0.25) is 5.91 Å². The van der Waals surface area contributed by atoms with Crippen LogP contribution in [0.25, 0.3) is 17.4 Å². The smallest absolute Gasteiger partial charge is 0.272 e. The number of amides is 3. The van der Waals surface area contributed by atoms with Gasteiger partial charge in [-0.25, -0.2) is 0 Å². The average Bonchev–Trinajstić information content (AvgIpc) is 3.75. The van der Waals surface area contributed by atoms with Crippen LogP contribution in [0.2, 0.25) is 0 Å². The van der Waals surface area contributed by atoms with Gasteiger partial charge < -0.3 is 25.1 Å². The standard InChI is InChI=1S/C40H36N4O5S2/c1-24-13-19-30-32(23-41)40(51-36(30)21-24)44-37(45)25(2)50-29-17-14-27(15-18-29)42-39(47)33(43-38(46)26-9-5-4-6-10-26)22-28-16-20-35(49-28)31-11-7-8-12-34(31)48-3/h4-12,14-18,20,22,24-25H,13,19,21H2,1-3H3,(H,42,47)(H,43,46)(H,44,45)/b33-22+/t24-,25-/m0/s1. The van der Waals surface area contributed by atoms with E-state index in [2.05, 4.69) is 28.9 Å². The van der Waals surface area contributed by atoms with Crippen LogP contribution in [-0.2, 0) is 22.4 Å². The van der Waals surface area contributed by atoms with Crippen molar-refractivity contribution in [2.75, 3.05) is 17.7 Å². The number of para-hydroxylation sites is 1. The number of carbonyl (C=O) groups excluding carboxylic acids is 3. The van der Waals surface area contributed by atoms with E-state index in [0.717, 1.165) is 35.3 Å². The molecule has 0 unspecified atom stereocenters. The average molecular weight is 717 g/mol. The van der Waals surface area contributed by atoms with E-state index in [0.29, 0.717) is 45.0 Å². The summed E-state index contributed by atoms with van der Waals surface area (Å²) in [5.74, 6) is 0.912. The fourth-order valence-corrected chi connectivity index (χ4v) is 7.98. The van der Waals surface area contributed by atoms with Gasteiger partial charge in [0.1, 0.15) is 34.0 Å². The number of furan rings is 1. The molecule has 5 aromatic rings. The molecule has 1 aliphatic rings. The maximum Gasteiger partial charge on any atom is 0.272 e. The summed E-state index contributed by atoms with van der Waals surface area (Å²) in [6.07, 6.45) is 4.32. The number of benzene rings is 3. The van der Waals surface area contributed by atoms with Gasteiger partial charge in [0.05, 0.1) is 23.5 Å². The van der Waals surface area contributed by atoms with E-state index < -0.39 is 17.1 Å². The van der Waals surface area contributed by atoms with Crippen molar-refractivity contribution in [2.45, 2.75) is 43.3 Å². The van der Waals surface area contributed by atoms with E-state index >= 15 is 0 Å². The Bertz CT molecular complexity index is 2130. The second-order valence-corrected chi connectivity index (χ2v) is 14.7. The highest BCUT2D eigenvalue weighted by molar-refractivity contribution is 8.00. The summed E-state index contributed by atoms with van der Waals surface area (Å²) in [7, 11) is 1.58. The van der Waals surface area contributed by atoms with Crippen LogP contribution in [-0.4, -0.2) is 30.1 Å². The van der Waals surface area contributed by atoms with Crippen molar-refractivity contribution in [3.63, 3.8) is 0 Å². The largest absolute Gasteiger partial charge is 0.496 e. The van der Waals surface area contributed by atoms with Crippen molar-refractivity contribution in [1.29, 1.82) is 5.26 Å². The van der Waals surface area contributed by atoms with E-state index in [1.165, 1.54) is 34.1 Å². The third-order valence-electron chi connectivity index (χ3n) is 8.47. The van der Waals surface area contributed by atoms with Crippen LogP contribution >= 0.6 is 23.1 Å². The molecular formula is C40H36N4O5S2. The van der Waals surface area contributed by atoms with Gasteiger partial charge in [-0.3, -0.25) is 14.4 Å². The molecule has 0 radical (unpaired) electrons. The zero-order chi connectivity index (χ0) is 35.9. The molecule has 258 valence electrons. The Balaban J connectivity index is 1.14. The highest BCUT2D eigenvalue weighted by Gasteiger charge is 2.26. The first-order valence-corrected chi connectivity index (χ1v) is 18.2. The van der Waals surface area contributed by atoms with Gasteiger partial charge in [0, 0.05) is 27.1 Å². The number of rotatable bonds is 11. The van der Waals surface area contributed by atoms with Gasteiger partial charge in [-0.05, 0) is 98.3 Å². The molecule has 2 heterocycles. The summed E-state index contributed by atoms with van der Waals surface area (Å²) in [5.41, 5.74) is 3.28. The lowest BCUT2D eigenvalue weighted by atomic mass is 9.89. The second kappa shape index (κ2) is 16.0. The van der Waals surface area contributed by atoms with E-state index in [1.807, 2.05) is 43.3 Å². The minimum atomic E-state index is -0.552. The number of ether oxygens (including phenoxy) is 1. The van der Waals surface area contributed by atoms with Crippen LogP contribution in [0.1, 0.15) is 52.4 Å². The number of thioether (sulfide) groups is 1. The number of hydrogen-bond acceptors (Lipinski definition) is 8.